The molecule has 9 heteroatoms. The third-order valence-electron chi connectivity index (χ3n) is 5.77. The van der Waals surface area contributed by atoms with Gasteiger partial charge in [-0.05, 0) is 44.2 Å². The summed E-state index contributed by atoms with van der Waals surface area (Å²) in [5.74, 6) is 5.43. The molecule has 0 saturated carbocycles. The van der Waals surface area contributed by atoms with Gasteiger partial charge in [-0.2, -0.15) is 5.10 Å². The van der Waals surface area contributed by atoms with E-state index in [2.05, 4.69) is 27.2 Å². The number of aliphatic hydroxyl groups excluding tert-OH is 1. The number of nitrogens with one attached hydrogen (secondary N) is 1. The van der Waals surface area contributed by atoms with E-state index in [1.807, 2.05) is 18.2 Å². The smallest absolute Gasteiger partial charge is 0.267 e. The average molecular weight is 479 g/mol. The van der Waals surface area contributed by atoms with E-state index in [1.165, 1.54) is 4.57 Å². The second-order valence-corrected chi connectivity index (χ2v) is 8.15. The quantitative estimate of drug-likeness (QED) is 0.384. The van der Waals surface area contributed by atoms with Crippen molar-refractivity contribution in [2.24, 2.45) is 0 Å². The van der Waals surface area contributed by atoms with Gasteiger partial charge in [-0.15, -0.1) is 0 Å². The van der Waals surface area contributed by atoms with Crippen LogP contribution in [0, 0.1) is 18.8 Å². The van der Waals surface area contributed by atoms with Gasteiger partial charge < -0.3 is 10.4 Å². The Morgan fingerprint density at radius 1 is 1.14 bits per heavy atom. The van der Waals surface area contributed by atoms with E-state index in [4.69, 9.17) is 10.1 Å². The second kappa shape index (κ2) is 9.44. The highest BCUT2D eigenvalue weighted by molar-refractivity contribution is 6.01. The first-order valence-corrected chi connectivity index (χ1v) is 11.3. The highest BCUT2D eigenvalue weighted by atomic mass is 16.2. The first-order chi connectivity index (χ1) is 17.5. The Kier molecular flexibility index (Phi) is 6.02. The molecule has 0 fully saturated rings. The lowest BCUT2D eigenvalue weighted by atomic mass is 10.1. The molecule has 2 aromatic carbocycles. The van der Waals surface area contributed by atoms with Crippen LogP contribution in [0.1, 0.15) is 40.4 Å². The molecule has 0 aliphatic rings. The molecule has 0 bridgehead atoms. The Labute approximate surface area is 206 Å². The van der Waals surface area contributed by atoms with Crippen LogP contribution in [0.4, 0.5) is 0 Å². The molecule has 178 valence electrons. The maximum absolute atomic E-state index is 13.8. The Balaban J connectivity index is 1.66. The van der Waals surface area contributed by atoms with Crippen LogP contribution in [0.3, 0.4) is 0 Å². The number of benzene rings is 2. The topological polar surface area (TPSA) is 114 Å². The molecule has 0 aliphatic carbocycles. The lowest BCUT2D eigenvalue weighted by molar-refractivity contribution is 0.0938. The number of fused-ring (bicyclic) bond motifs is 2. The van der Waals surface area contributed by atoms with Gasteiger partial charge in [0.2, 0.25) is 0 Å². The van der Waals surface area contributed by atoms with Crippen LogP contribution in [0.5, 0.6) is 0 Å². The molecule has 0 radical (unpaired) electrons. The summed E-state index contributed by atoms with van der Waals surface area (Å²) in [7, 11) is 0. The van der Waals surface area contributed by atoms with E-state index < -0.39 is 6.04 Å². The first kappa shape index (κ1) is 23.0. The number of para-hydroxylation sites is 1. The molecule has 3 heterocycles. The molecule has 0 aliphatic heterocycles. The predicted octanol–water partition coefficient (Wildman–Crippen LogP) is 2.57. The Hall–Kier alpha value is -4.81. The molecular formula is C27H22N6O3. The van der Waals surface area contributed by atoms with Crippen molar-refractivity contribution in [3.63, 3.8) is 0 Å². The van der Waals surface area contributed by atoms with Gasteiger partial charge in [0.25, 0.3) is 11.5 Å². The fourth-order valence-corrected chi connectivity index (χ4v) is 4.20. The lowest BCUT2D eigenvalue weighted by Gasteiger charge is -2.20. The largest absolute Gasteiger partial charge is 0.384 e. The van der Waals surface area contributed by atoms with Gasteiger partial charge in [0.05, 0.1) is 28.3 Å². The SMILES string of the molecule is Cc1nn2cccnc2c1C(=O)N[C@H](C)c1nc2cccc(C#CCO)c2c(=O)n1-c1ccccc1. The van der Waals surface area contributed by atoms with Gasteiger partial charge >= 0.3 is 0 Å². The van der Waals surface area contributed by atoms with E-state index >= 15 is 0 Å². The van der Waals surface area contributed by atoms with Gasteiger partial charge in [0.15, 0.2) is 5.65 Å². The van der Waals surface area contributed by atoms with Crippen LogP contribution in [-0.2, 0) is 0 Å². The normalized spacial score (nSPS) is 11.8. The van der Waals surface area contributed by atoms with Crippen LogP contribution in [0.15, 0.2) is 71.8 Å². The third-order valence-corrected chi connectivity index (χ3v) is 5.77. The van der Waals surface area contributed by atoms with Crippen molar-refractivity contribution in [2.45, 2.75) is 19.9 Å². The molecule has 9 nitrogen and oxygen atoms in total. The van der Waals surface area contributed by atoms with E-state index in [-0.39, 0.29) is 18.1 Å². The number of hydrogen-bond acceptors (Lipinski definition) is 6. The van der Waals surface area contributed by atoms with E-state index in [9.17, 15) is 9.59 Å². The number of carbonyl (C=O) groups excluding carboxylic acids is 1. The number of aromatic nitrogens is 5. The third kappa shape index (κ3) is 4.00. The summed E-state index contributed by atoms with van der Waals surface area (Å²) in [5.41, 5.74) is 2.54. The van der Waals surface area contributed by atoms with Gasteiger partial charge in [0, 0.05) is 18.0 Å². The van der Waals surface area contributed by atoms with Gasteiger partial charge in [0.1, 0.15) is 18.0 Å². The standard InChI is InChI=1S/C27H22N6O3/c1-17-22(25-28-14-8-15-32(25)31-17)26(35)29-18(2)24-30-21-13-6-9-19(10-7-16-34)23(21)27(36)33(24)20-11-4-3-5-12-20/h3-6,8-9,11-15,18,34H,16H2,1-2H3,(H,29,35)/t18-/m1/s1. The summed E-state index contributed by atoms with van der Waals surface area (Å²) in [6.45, 7) is 3.20. The number of aliphatic hydroxyl groups is 1. The Morgan fingerprint density at radius 3 is 2.72 bits per heavy atom. The van der Waals surface area contributed by atoms with E-state index in [0.717, 1.165) is 0 Å². The fourth-order valence-electron chi connectivity index (χ4n) is 4.20. The van der Waals surface area contributed by atoms with E-state index in [1.54, 1.807) is 67.2 Å². The molecule has 5 rings (SSSR count). The number of carbonyl (C=O) groups is 1. The molecule has 1 amide bonds. The highest BCUT2D eigenvalue weighted by Gasteiger charge is 2.24. The summed E-state index contributed by atoms with van der Waals surface area (Å²) in [5, 5.41) is 16.8. The molecule has 36 heavy (non-hydrogen) atoms. The zero-order valence-corrected chi connectivity index (χ0v) is 19.6. The zero-order valence-electron chi connectivity index (χ0n) is 19.6. The maximum Gasteiger partial charge on any atom is 0.267 e. The summed E-state index contributed by atoms with van der Waals surface area (Å²) >= 11 is 0. The Bertz CT molecular complexity index is 1730. The number of aryl methyl sites for hydroxylation is 1. The molecule has 3 aromatic heterocycles. The van der Waals surface area contributed by atoms with Gasteiger partial charge in [-0.25, -0.2) is 14.5 Å². The minimum atomic E-state index is -0.639. The first-order valence-electron chi connectivity index (χ1n) is 11.3. The van der Waals surface area contributed by atoms with Crippen LogP contribution in [-0.4, -0.2) is 41.8 Å². The molecule has 2 N–H and O–H groups in total. The van der Waals surface area contributed by atoms with Crippen LogP contribution >= 0.6 is 0 Å². The van der Waals surface area contributed by atoms with Crippen LogP contribution in [0.2, 0.25) is 0 Å². The second-order valence-electron chi connectivity index (χ2n) is 8.15. The monoisotopic (exact) mass is 478 g/mol. The zero-order chi connectivity index (χ0) is 25.2. The van der Waals surface area contributed by atoms with E-state index in [0.29, 0.717) is 44.9 Å². The van der Waals surface area contributed by atoms with Crippen molar-refractivity contribution in [1.29, 1.82) is 0 Å². The van der Waals surface area contributed by atoms with Crippen molar-refractivity contribution in [1.82, 2.24) is 29.5 Å². The van der Waals surface area contributed by atoms with Crippen molar-refractivity contribution in [3.8, 4) is 17.5 Å². The van der Waals surface area contributed by atoms with Crippen LogP contribution in [0.25, 0.3) is 22.2 Å². The highest BCUT2D eigenvalue weighted by Crippen LogP contribution is 2.21. The molecule has 0 saturated heterocycles. The van der Waals surface area contributed by atoms with Crippen molar-refractivity contribution in [2.75, 3.05) is 6.61 Å². The van der Waals surface area contributed by atoms with Crippen molar-refractivity contribution < 1.29 is 9.90 Å². The van der Waals surface area contributed by atoms with Crippen LogP contribution < -0.4 is 10.9 Å². The minimum absolute atomic E-state index is 0.320. The van der Waals surface area contributed by atoms with Gasteiger partial charge in [-0.3, -0.25) is 14.2 Å². The molecule has 0 unspecified atom stereocenters. The molecular weight excluding hydrogens is 456 g/mol. The minimum Gasteiger partial charge on any atom is -0.384 e. The predicted molar refractivity (Wildman–Crippen MR) is 135 cm³/mol. The maximum atomic E-state index is 13.8. The molecule has 5 aromatic rings. The summed E-state index contributed by atoms with van der Waals surface area (Å²) in [4.78, 5) is 36.2. The summed E-state index contributed by atoms with van der Waals surface area (Å²) in [6.07, 6.45) is 3.33. The van der Waals surface area contributed by atoms with Gasteiger partial charge in [-0.1, -0.05) is 36.1 Å². The number of nitrogens with zero attached hydrogens (tertiary/aromatic N) is 5. The number of amides is 1. The lowest BCUT2D eigenvalue weighted by Crippen LogP contribution is -2.33. The molecule has 0 spiro atoms. The number of rotatable bonds is 4. The number of hydrogen-bond donors (Lipinski definition) is 2. The Morgan fingerprint density at radius 2 is 1.94 bits per heavy atom. The van der Waals surface area contributed by atoms with Crippen molar-refractivity contribution >= 4 is 22.5 Å². The van der Waals surface area contributed by atoms with Crippen molar-refractivity contribution in [3.05, 3.63) is 100.0 Å². The summed E-state index contributed by atoms with van der Waals surface area (Å²) in [6, 6.07) is 15.4. The average Bonchev–Trinajstić information content (AvgIpc) is 3.23. The molecule has 1 atom stereocenters. The fraction of sp³-hybridized carbons (Fsp3) is 0.148. The summed E-state index contributed by atoms with van der Waals surface area (Å²) < 4.78 is 3.04.